The van der Waals surface area contributed by atoms with Gasteiger partial charge in [-0.05, 0) is 38.5 Å². The number of anilines is 1. The maximum atomic E-state index is 12.7. The van der Waals surface area contributed by atoms with Crippen LogP contribution in [0.1, 0.15) is 25.3 Å². The van der Waals surface area contributed by atoms with Crippen LogP contribution in [0.2, 0.25) is 0 Å². The van der Waals surface area contributed by atoms with Crippen LogP contribution in [-0.2, 0) is 14.3 Å². The number of benzene rings is 1. The summed E-state index contributed by atoms with van der Waals surface area (Å²) in [7, 11) is 1.33. The first kappa shape index (κ1) is 17.4. The van der Waals surface area contributed by atoms with Gasteiger partial charge in [0, 0.05) is 10.9 Å². The van der Waals surface area contributed by atoms with Crippen LogP contribution in [0.15, 0.2) is 23.6 Å². The van der Waals surface area contributed by atoms with E-state index in [9.17, 15) is 9.59 Å². The van der Waals surface area contributed by atoms with Crippen molar-refractivity contribution in [3.8, 4) is 17.0 Å². The SMILES string of the molecule is CCC(C(=O)OC)N1C(=O)C(C)Oc2ccc(-c3csc(C)n3)cc21. The van der Waals surface area contributed by atoms with Crippen molar-refractivity contribution in [2.45, 2.75) is 39.3 Å². The second-order valence-electron chi connectivity index (χ2n) is 5.85. The molecule has 1 amide bonds. The van der Waals surface area contributed by atoms with Gasteiger partial charge < -0.3 is 9.47 Å². The molecule has 1 aromatic carbocycles. The molecule has 7 heteroatoms. The normalized spacial score (nSPS) is 17.7. The van der Waals surface area contributed by atoms with Crippen LogP contribution in [0.4, 0.5) is 5.69 Å². The van der Waals surface area contributed by atoms with Gasteiger partial charge in [-0.15, -0.1) is 11.3 Å². The number of hydrogen-bond donors (Lipinski definition) is 0. The summed E-state index contributed by atoms with van der Waals surface area (Å²) in [6.45, 7) is 5.47. The Balaban J connectivity index is 2.11. The van der Waals surface area contributed by atoms with Crippen LogP contribution in [0.5, 0.6) is 5.75 Å². The molecule has 0 spiro atoms. The maximum absolute atomic E-state index is 12.7. The average Bonchev–Trinajstić information content (AvgIpc) is 3.04. The number of carbonyl (C=O) groups excluding carboxylic acids is 2. The number of carbonyl (C=O) groups is 2. The van der Waals surface area contributed by atoms with Crippen LogP contribution < -0.4 is 9.64 Å². The fraction of sp³-hybridized carbons (Fsp3) is 0.389. The monoisotopic (exact) mass is 360 g/mol. The van der Waals surface area contributed by atoms with Gasteiger partial charge in [-0.3, -0.25) is 9.69 Å². The molecule has 1 aliphatic rings. The minimum absolute atomic E-state index is 0.253. The molecule has 6 nitrogen and oxygen atoms in total. The van der Waals surface area contributed by atoms with Gasteiger partial charge in [0.05, 0.1) is 23.5 Å². The summed E-state index contributed by atoms with van der Waals surface area (Å²) in [5.74, 6) is -0.118. The second-order valence-corrected chi connectivity index (χ2v) is 6.91. The lowest BCUT2D eigenvalue weighted by atomic mass is 10.0. The van der Waals surface area contributed by atoms with E-state index in [0.29, 0.717) is 17.9 Å². The number of ether oxygens (including phenoxy) is 2. The molecule has 0 saturated heterocycles. The first-order valence-corrected chi connectivity index (χ1v) is 8.98. The fourth-order valence-corrected chi connectivity index (χ4v) is 3.55. The second kappa shape index (κ2) is 6.84. The van der Waals surface area contributed by atoms with E-state index >= 15 is 0 Å². The van der Waals surface area contributed by atoms with Gasteiger partial charge in [0.1, 0.15) is 11.8 Å². The van der Waals surface area contributed by atoms with E-state index in [4.69, 9.17) is 9.47 Å². The number of fused-ring (bicyclic) bond motifs is 1. The topological polar surface area (TPSA) is 68.7 Å². The van der Waals surface area contributed by atoms with Gasteiger partial charge in [0.25, 0.3) is 5.91 Å². The predicted octanol–water partition coefficient (Wildman–Crippen LogP) is 3.18. The molecule has 3 rings (SSSR count). The van der Waals surface area contributed by atoms with E-state index in [0.717, 1.165) is 16.3 Å². The number of thiazole rings is 1. The molecule has 0 saturated carbocycles. The molecule has 0 radical (unpaired) electrons. The number of aryl methyl sites for hydroxylation is 1. The molecule has 2 heterocycles. The lowest BCUT2D eigenvalue weighted by molar-refractivity contribution is -0.144. The number of rotatable bonds is 4. The van der Waals surface area contributed by atoms with Crippen molar-refractivity contribution < 1.29 is 19.1 Å². The van der Waals surface area contributed by atoms with Crippen molar-refractivity contribution in [1.29, 1.82) is 0 Å². The van der Waals surface area contributed by atoms with Gasteiger partial charge >= 0.3 is 5.97 Å². The number of hydrogen-bond acceptors (Lipinski definition) is 6. The van der Waals surface area contributed by atoms with Crippen LogP contribution in [0.25, 0.3) is 11.3 Å². The Bertz CT molecular complexity index is 817. The quantitative estimate of drug-likeness (QED) is 0.783. The molecular formula is C18H20N2O4S. The first-order valence-electron chi connectivity index (χ1n) is 8.10. The zero-order valence-electron chi connectivity index (χ0n) is 14.6. The highest BCUT2D eigenvalue weighted by Crippen LogP contribution is 2.39. The third-order valence-electron chi connectivity index (χ3n) is 4.19. The lowest BCUT2D eigenvalue weighted by Gasteiger charge is -2.36. The van der Waals surface area contributed by atoms with Gasteiger partial charge in [-0.1, -0.05) is 6.92 Å². The Morgan fingerprint density at radius 2 is 2.24 bits per heavy atom. The smallest absolute Gasteiger partial charge is 0.328 e. The minimum Gasteiger partial charge on any atom is -0.479 e. The van der Waals surface area contributed by atoms with Crippen molar-refractivity contribution in [2.75, 3.05) is 12.0 Å². The standard InChI is InChI=1S/C18H20N2O4S/c1-5-14(18(22)23-4)20-15-8-12(13-9-25-11(3)19-13)6-7-16(15)24-10(2)17(20)21/h6-10,14H,5H2,1-4H3. The highest BCUT2D eigenvalue weighted by Gasteiger charge is 2.39. The van der Waals surface area contributed by atoms with Crippen molar-refractivity contribution in [3.05, 3.63) is 28.6 Å². The highest BCUT2D eigenvalue weighted by molar-refractivity contribution is 7.09. The third-order valence-corrected chi connectivity index (χ3v) is 4.97. The largest absolute Gasteiger partial charge is 0.479 e. The molecule has 0 bridgehead atoms. The predicted molar refractivity (Wildman–Crippen MR) is 96.0 cm³/mol. The average molecular weight is 360 g/mol. The molecule has 1 aromatic heterocycles. The molecule has 2 atom stereocenters. The van der Waals surface area contributed by atoms with E-state index in [1.54, 1.807) is 18.3 Å². The zero-order valence-corrected chi connectivity index (χ0v) is 15.4. The molecule has 2 aromatic rings. The Morgan fingerprint density at radius 3 is 2.84 bits per heavy atom. The zero-order chi connectivity index (χ0) is 18.1. The van der Waals surface area contributed by atoms with E-state index in [-0.39, 0.29) is 5.91 Å². The van der Waals surface area contributed by atoms with E-state index in [1.165, 1.54) is 12.0 Å². The van der Waals surface area contributed by atoms with Gasteiger partial charge in [-0.25, -0.2) is 9.78 Å². The number of amides is 1. The Kier molecular flexibility index (Phi) is 4.76. The number of nitrogens with zero attached hydrogens (tertiary/aromatic N) is 2. The van der Waals surface area contributed by atoms with Crippen LogP contribution in [0, 0.1) is 6.92 Å². The first-order chi connectivity index (χ1) is 12.0. The molecule has 0 N–H and O–H groups in total. The molecular weight excluding hydrogens is 340 g/mol. The molecule has 2 unspecified atom stereocenters. The Hall–Kier alpha value is -2.41. The molecule has 132 valence electrons. The highest BCUT2D eigenvalue weighted by atomic mass is 32.1. The summed E-state index contributed by atoms with van der Waals surface area (Å²) in [6, 6.07) is 4.89. The summed E-state index contributed by atoms with van der Waals surface area (Å²) in [5, 5.41) is 2.93. The Morgan fingerprint density at radius 1 is 1.48 bits per heavy atom. The minimum atomic E-state index is -0.685. The van der Waals surface area contributed by atoms with Crippen molar-refractivity contribution in [2.24, 2.45) is 0 Å². The number of methoxy groups -OCH3 is 1. The van der Waals surface area contributed by atoms with Crippen LogP contribution >= 0.6 is 11.3 Å². The van der Waals surface area contributed by atoms with Crippen molar-refractivity contribution >= 4 is 28.9 Å². The summed E-state index contributed by atoms with van der Waals surface area (Å²) >= 11 is 1.56. The summed E-state index contributed by atoms with van der Waals surface area (Å²) in [5.41, 5.74) is 2.28. The fourth-order valence-electron chi connectivity index (χ4n) is 2.93. The summed E-state index contributed by atoms with van der Waals surface area (Å²) in [4.78, 5) is 30.9. The number of esters is 1. The Labute approximate surface area is 150 Å². The van der Waals surface area contributed by atoms with Gasteiger partial charge in [-0.2, -0.15) is 0 Å². The van der Waals surface area contributed by atoms with Crippen LogP contribution in [-0.4, -0.2) is 36.1 Å². The lowest BCUT2D eigenvalue weighted by Crippen LogP contribution is -2.52. The van der Waals surface area contributed by atoms with E-state index < -0.39 is 18.1 Å². The van der Waals surface area contributed by atoms with E-state index in [2.05, 4.69) is 4.98 Å². The van der Waals surface area contributed by atoms with Crippen molar-refractivity contribution in [3.63, 3.8) is 0 Å². The van der Waals surface area contributed by atoms with E-state index in [1.807, 2.05) is 37.4 Å². The van der Waals surface area contributed by atoms with Gasteiger partial charge in [0.15, 0.2) is 6.10 Å². The third kappa shape index (κ3) is 3.11. The van der Waals surface area contributed by atoms with Crippen molar-refractivity contribution in [1.82, 2.24) is 4.98 Å². The molecule has 0 fully saturated rings. The molecule has 25 heavy (non-hydrogen) atoms. The summed E-state index contributed by atoms with van der Waals surface area (Å²) < 4.78 is 10.6. The molecule has 1 aliphatic heterocycles. The van der Waals surface area contributed by atoms with Crippen LogP contribution in [0.3, 0.4) is 0 Å². The summed E-state index contributed by atoms with van der Waals surface area (Å²) in [6.07, 6.45) is -0.205. The van der Waals surface area contributed by atoms with Gasteiger partial charge in [0.2, 0.25) is 0 Å². The number of aromatic nitrogens is 1. The maximum Gasteiger partial charge on any atom is 0.328 e. The molecule has 0 aliphatic carbocycles.